The predicted octanol–water partition coefficient (Wildman–Crippen LogP) is 2.99. The monoisotopic (exact) mass is 242 g/mol. The fraction of sp³-hybridized carbons (Fsp3) is 0.133. The predicted molar refractivity (Wildman–Crippen MR) is 69.8 cm³/mol. The van der Waals surface area contributed by atoms with Gasteiger partial charge < -0.3 is 9.84 Å². The number of methoxy groups -OCH3 is 1. The van der Waals surface area contributed by atoms with E-state index in [1.807, 2.05) is 42.5 Å². The van der Waals surface area contributed by atoms with Crippen molar-refractivity contribution in [2.45, 2.75) is 6.42 Å². The number of carbonyl (C=O) groups is 1. The van der Waals surface area contributed by atoms with Gasteiger partial charge >= 0.3 is 5.97 Å². The average Bonchev–Trinajstić information content (AvgIpc) is 2.39. The maximum atomic E-state index is 10.9. The van der Waals surface area contributed by atoms with Gasteiger partial charge in [-0.05, 0) is 28.8 Å². The van der Waals surface area contributed by atoms with Gasteiger partial charge in [-0.2, -0.15) is 0 Å². The molecule has 2 aromatic carbocycles. The molecule has 1 N–H and O–H groups in total. The van der Waals surface area contributed by atoms with E-state index < -0.39 is 5.97 Å². The average molecular weight is 242 g/mol. The molecule has 0 spiro atoms. The molecular formula is C15H14O3. The van der Waals surface area contributed by atoms with Crippen LogP contribution in [0.1, 0.15) is 5.56 Å². The maximum Gasteiger partial charge on any atom is 0.307 e. The number of ether oxygens (including phenoxy) is 1. The van der Waals surface area contributed by atoms with E-state index in [9.17, 15) is 4.79 Å². The van der Waals surface area contributed by atoms with Crippen LogP contribution in [-0.4, -0.2) is 18.2 Å². The highest BCUT2D eigenvalue weighted by Crippen LogP contribution is 2.27. The lowest BCUT2D eigenvalue weighted by atomic mass is 9.97. The Morgan fingerprint density at radius 2 is 1.89 bits per heavy atom. The van der Waals surface area contributed by atoms with E-state index in [-0.39, 0.29) is 6.42 Å². The topological polar surface area (TPSA) is 46.5 Å². The van der Waals surface area contributed by atoms with Crippen molar-refractivity contribution in [1.29, 1.82) is 0 Å². The SMILES string of the molecule is COc1ccc(-c2ccccc2)c(CC(=O)O)c1. The lowest BCUT2D eigenvalue weighted by Gasteiger charge is -2.10. The minimum Gasteiger partial charge on any atom is -0.497 e. The Hall–Kier alpha value is -2.29. The molecule has 0 aliphatic carbocycles. The summed E-state index contributed by atoms with van der Waals surface area (Å²) in [6, 6.07) is 15.2. The second kappa shape index (κ2) is 5.36. The normalized spacial score (nSPS) is 10.1. The molecule has 0 saturated heterocycles. The summed E-state index contributed by atoms with van der Waals surface area (Å²) in [5, 5.41) is 8.96. The van der Waals surface area contributed by atoms with Gasteiger partial charge in [0.15, 0.2) is 0 Å². The van der Waals surface area contributed by atoms with Crippen molar-refractivity contribution in [2.75, 3.05) is 7.11 Å². The van der Waals surface area contributed by atoms with E-state index in [2.05, 4.69) is 0 Å². The number of carboxylic acids is 1. The molecule has 3 nitrogen and oxygen atoms in total. The number of hydrogen-bond acceptors (Lipinski definition) is 2. The minimum absolute atomic E-state index is 0.0125. The third-order valence-corrected chi connectivity index (χ3v) is 2.74. The first-order valence-corrected chi connectivity index (χ1v) is 5.65. The lowest BCUT2D eigenvalue weighted by Crippen LogP contribution is -2.02. The van der Waals surface area contributed by atoms with Crippen LogP contribution in [0.4, 0.5) is 0 Å². The standard InChI is InChI=1S/C15H14O3/c1-18-13-7-8-14(11-5-3-2-4-6-11)12(9-13)10-15(16)17/h2-9H,10H2,1H3,(H,16,17). The highest BCUT2D eigenvalue weighted by molar-refractivity contribution is 5.77. The van der Waals surface area contributed by atoms with Gasteiger partial charge in [-0.15, -0.1) is 0 Å². The van der Waals surface area contributed by atoms with Crippen LogP contribution in [0, 0.1) is 0 Å². The zero-order valence-corrected chi connectivity index (χ0v) is 10.1. The largest absolute Gasteiger partial charge is 0.497 e. The molecule has 3 heteroatoms. The van der Waals surface area contributed by atoms with E-state index in [0.29, 0.717) is 5.75 Å². The zero-order chi connectivity index (χ0) is 13.0. The van der Waals surface area contributed by atoms with Crippen LogP contribution in [0.15, 0.2) is 48.5 Å². The third-order valence-electron chi connectivity index (χ3n) is 2.74. The van der Waals surface area contributed by atoms with Crippen LogP contribution in [0.3, 0.4) is 0 Å². The summed E-state index contributed by atoms with van der Waals surface area (Å²) in [6.07, 6.45) is -0.0125. The molecule has 0 bridgehead atoms. The van der Waals surface area contributed by atoms with Crippen molar-refractivity contribution in [3.05, 3.63) is 54.1 Å². The molecule has 0 aliphatic heterocycles. The molecular weight excluding hydrogens is 228 g/mol. The highest BCUT2D eigenvalue weighted by atomic mass is 16.5. The molecule has 2 aromatic rings. The van der Waals surface area contributed by atoms with E-state index in [4.69, 9.17) is 9.84 Å². The first kappa shape index (κ1) is 12.2. The molecule has 0 radical (unpaired) electrons. The molecule has 0 aromatic heterocycles. The zero-order valence-electron chi connectivity index (χ0n) is 10.1. The highest BCUT2D eigenvalue weighted by Gasteiger charge is 2.09. The van der Waals surface area contributed by atoms with Crippen LogP contribution in [-0.2, 0) is 11.2 Å². The van der Waals surface area contributed by atoms with Crippen LogP contribution in [0.5, 0.6) is 5.75 Å². The van der Waals surface area contributed by atoms with Crippen molar-refractivity contribution >= 4 is 5.97 Å². The number of carboxylic acid groups (broad SMARTS) is 1. The Labute approximate surface area is 106 Å². The summed E-state index contributed by atoms with van der Waals surface area (Å²) in [5.41, 5.74) is 2.70. The van der Waals surface area contributed by atoms with Gasteiger partial charge in [-0.1, -0.05) is 36.4 Å². The van der Waals surface area contributed by atoms with Gasteiger partial charge in [0.2, 0.25) is 0 Å². The Morgan fingerprint density at radius 1 is 1.17 bits per heavy atom. The first-order valence-electron chi connectivity index (χ1n) is 5.65. The number of aliphatic carboxylic acids is 1. The third kappa shape index (κ3) is 2.69. The summed E-state index contributed by atoms with van der Waals surface area (Å²) in [5.74, 6) is -0.175. The Kier molecular flexibility index (Phi) is 3.63. The van der Waals surface area contributed by atoms with E-state index >= 15 is 0 Å². The number of benzene rings is 2. The van der Waals surface area contributed by atoms with Crippen molar-refractivity contribution in [1.82, 2.24) is 0 Å². The van der Waals surface area contributed by atoms with E-state index in [1.54, 1.807) is 13.2 Å². The van der Waals surface area contributed by atoms with Gasteiger partial charge in [-0.25, -0.2) is 0 Å². The molecule has 0 aliphatic rings. The molecule has 0 fully saturated rings. The van der Waals surface area contributed by atoms with Gasteiger partial charge in [0.1, 0.15) is 5.75 Å². The van der Waals surface area contributed by atoms with Crippen LogP contribution < -0.4 is 4.74 Å². The molecule has 92 valence electrons. The summed E-state index contributed by atoms with van der Waals surface area (Å²) in [4.78, 5) is 10.9. The minimum atomic E-state index is -0.847. The van der Waals surface area contributed by atoms with E-state index in [0.717, 1.165) is 16.7 Å². The van der Waals surface area contributed by atoms with Crippen molar-refractivity contribution in [3.8, 4) is 16.9 Å². The van der Waals surface area contributed by atoms with Gasteiger partial charge in [-0.3, -0.25) is 4.79 Å². The Balaban J connectivity index is 2.49. The molecule has 0 unspecified atom stereocenters. The van der Waals surface area contributed by atoms with Gasteiger partial charge in [0.25, 0.3) is 0 Å². The number of rotatable bonds is 4. The van der Waals surface area contributed by atoms with Crippen LogP contribution in [0.2, 0.25) is 0 Å². The molecule has 0 saturated carbocycles. The van der Waals surface area contributed by atoms with Gasteiger partial charge in [0, 0.05) is 0 Å². The molecule has 0 atom stereocenters. The van der Waals surface area contributed by atoms with E-state index in [1.165, 1.54) is 0 Å². The first-order chi connectivity index (χ1) is 8.70. The molecule has 2 rings (SSSR count). The fourth-order valence-corrected chi connectivity index (χ4v) is 1.91. The summed E-state index contributed by atoms with van der Waals surface area (Å²) < 4.78 is 5.13. The van der Waals surface area contributed by atoms with Gasteiger partial charge in [0.05, 0.1) is 13.5 Å². The van der Waals surface area contributed by atoms with Crippen LogP contribution in [0.25, 0.3) is 11.1 Å². The summed E-state index contributed by atoms with van der Waals surface area (Å²) in [7, 11) is 1.57. The van der Waals surface area contributed by atoms with Crippen LogP contribution >= 0.6 is 0 Å². The second-order valence-electron chi connectivity index (χ2n) is 3.96. The fourth-order valence-electron chi connectivity index (χ4n) is 1.91. The number of hydrogen-bond donors (Lipinski definition) is 1. The smallest absolute Gasteiger partial charge is 0.307 e. The second-order valence-corrected chi connectivity index (χ2v) is 3.96. The molecule has 0 amide bonds. The molecule has 0 heterocycles. The maximum absolute atomic E-state index is 10.9. The van der Waals surface area contributed by atoms with Crippen molar-refractivity contribution in [3.63, 3.8) is 0 Å². The lowest BCUT2D eigenvalue weighted by molar-refractivity contribution is -0.136. The Morgan fingerprint density at radius 3 is 2.50 bits per heavy atom. The summed E-state index contributed by atoms with van der Waals surface area (Å²) >= 11 is 0. The quantitative estimate of drug-likeness (QED) is 0.896. The Bertz CT molecular complexity index is 547. The van der Waals surface area contributed by atoms with Crippen molar-refractivity contribution in [2.24, 2.45) is 0 Å². The molecule has 18 heavy (non-hydrogen) atoms. The summed E-state index contributed by atoms with van der Waals surface area (Å²) in [6.45, 7) is 0. The van der Waals surface area contributed by atoms with Crippen molar-refractivity contribution < 1.29 is 14.6 Å².